The smallest absolute Gasteiger partial charge is 0.220 e. The van der Waals surface area contributed by atoms with Gasteiger partial charge >= 0.3 is 0 Å². The molecule has 1 atom stereocenters. The number of phenols is 1. The summed E-state index contributed by atoms with van der Waals surface area (Å²) in [6.45, 7) is 5.93. The Bertz CT molecular complexity index is 665. The number of ether oxygens (including phenoxy) is 1. The van der Waals surface area contributed by atoms with Crippen molar-refractivity contribution in [2.24, 2.45) is 0 Å². The van der Waals surface area contributed by atoms with Gasteiger partial charge in [-0.3, -0.25) is 4.79 Å². The molecule has 4 heteroatoms. The maximum Gasteiger partial charge on any atom is 0.220 e. The Hall–Kier alpha value is -2.49. The molecule has 128 valence electrons. The quantitative estimate of drug-likeness (QED) is 0.808. The van der Waals surface area contributed by atoms with Gasteiger partial charge in [-0.2, -0.15) is 0 Å². The number of para-hydroxylation sites is 1. The molecule has 0 fully saturated rings. The number of carbonyl (C=O) groups is 1. The second-order valence-electron chi connectivity index (χ2n) is 6.15. The summed E-state index contributed by atoms with van der Waals surface area (Å²) >= 11 is 0. The molecular weight excluding hydrogens is 302 g/mol. The molecule has 24 heavy (non-hydrogen) atoms. The van der Waals surface area contributed by atoms with Crippen LogP contribution in [0.2, 0.25) is 0 Å². The van der Waals surface area contributed by atoms with E-state index in [0.717, 1.165) is 16.9 Å². The molecule has 0 spiro atoms. The molecule has 1 unspecified atom stereocenters. The summed E-state index contributed by atoms with van der Waals surface area (Å²) in [6.07, 6.45) is 1.01. The molecule has 0 saturated carbocycles. The Labute approximate surface area is 143 Å². The first kappa shape index (κ1) is 17.9. The normalized spacial score (nSPS) is 12.0. The molecular formula is C20H25NO3. The van der Waals surface area contributed by atoms with Crippen molar-refractivity contribution in [1.82, 2.24) is 5.32 Å². The summed E-state index contributed by atoms with van der Waals surface area (Å²) in [5, 5.41) is 12.7. The molecule has 0 aromatic heterocycles. The molecule has 2 aromatic carbocycles. The van der Waals surface area contributed by atoms with E-state index in [1.165, 1.54) is 0 Å². The number of rotatable bonds is 7. The van der Waals surface area contributed by atoms with Gasteiger partial charge in [0.2, 0.25) is 5.91 Å². The minimum Gasteiger partial charge on any atom is -0.508 e. The average molecular weight is 327 g/mol. The first-order chi connectivity index (χ1) is 11.5. The van der Waals surface area contributed by atoms with Crippen molar-refractivity contribution in [3.63, 3.8) is 0 Å². The Morgan fingerprint density at radius 2 is 1.75 bits per heavy atom. The van der Waals surface area contributed by atoms with Crippen LogP contribution in [0.4, 0.5) is 0 Å². The average Bonchev–Trinajstić information content (AvgIpc) is 2.54. The summed E-state index contributed by atoms with van der Waals surface area (Å²) in [5.74, 6) is 1.03. The second kappa shape index (κ2) is 8.39. The zero-order chi connectivity index (χ0) is 17.5. The topological polar surface area (TPSA) is 58.6 Å². The van der Waals surface area contributed by atoms with Crippen molar-refractivity contribution in [1.29, 1.82) is 0 Å². The van der Waals surface area contributed by atoms with Crippen molar-refractivity contribution in [3.8, 4) is 11.5 Å². The summed E-state index contributed by atoms with van der Waals surface area (Å²) in [6, 6.07) is 14.8. The summed E-state index contributed by atoms with van der Waals surface area (Å²) in [7, 11) is 0. The van der Waals surface area contributed by atoms with Gasteiger partial charge in [0.15, 0.2) is 0 Å². The monoisotopic (exact) mass is 327 g/mol. The first-order valence-corrected chi connectivity index (χ1v) is 8.28. The highest BCUT2D eigenvalue weighted by Gasteiger charge is 2.11. The Morgan fingerprint density at radius 1 is 1.08 bits per heavy atom. The van der Waals surface area contributed by atoms with E-state index in [9.17, 15) is 9.90 Å². The van der Waals surface area contributed by atoms with Crippen molar-refractivity contribution in [2.75, 3.05) is 0 Å². The van der Waals surface area contributed by atoms with Crippen LogP contribution in [-0.2, 0) is 11.2 Å². The van der Waals surface area contributed by atoms with Crippen LogP contribution in [0.15, 0.2) is 48.5 Å². The molecule has 2 N–H and O–H groups in total. The fraction of sp³-hybridized carbons (Fsp3) is 0.350. The van der Waals surface area contributed by atoms with Crippen LogP contribution in [0, 0.1) is 0 Å². The number of nitrogens with one attached hydrogen (secondary N) is 1. The Kier molecular flexibility index (Phi) is 6.24. The van der Waals surface area contributed by atoms with Crippen molar-refractivity contribution < 1.29 is 14.6 Å². The minimum atomic E-state index is -0.0741. The number of carbonyl (C=O) groups excluding carboxylic acids is 1. The molecule has 0 heterocycles. The molecule has 0 aliphatic heterocycles. The van der Waals surface area contributed by atoms with Crippen LogP contribution in [0.3, 0.4) is 0 Å². The zero-order valence-corrected chi connectivity index (χ0v) is 14.5. The maximum atomic E-state index is 12.1. The van der Waals surface area contributed by atoms with Crippen molar-refractivity contribution in [2.45, 2.75) is 45.8 Å². The fourth-order valence-corrected chi connectivity index (χ4v) is 2.47. The van der Waals surface area contributed by atoms with Crippen LogP contribution in [0.25, 0.3) is 0 Å². The van der Waals surface area contributed by atoms with E-state index in [-0.39, 0.29) is 23.8 Å². The highest BCUT2D eigenvalue weighted by Crippen LogP contribution is 2.20. The third-order valence-electron chi connectivity index (χ3n) is 3.74. The lowest BCUT2D eigenvalue weighted by atomic mass is 10.1. The van der Waals surface area contributed by atoms with E-state index in [1.54, 1.807) is 12.1 Å². The van der Waals surface area contributed by atoms with Crippen molar-refractivity contribution >= 4 is 5.91 Å². The standard InChI is InChI=1S/C20H25NO3/c1-14(2)24-18-11-8-16(9-12-18)15(3)21-20(23)13-10-17-6-4-5-7-19(17)22/h4-9,11-12,14-15,22H,10,13H2,1-3H3,(H,21,23). The number of phenolic OH excluding ortho intramolecular Hbond substituents is 1. The van der Waals surface area contributed by atoms with E-state index in [4.69, 9.17) is 4.74 Å². The van der Waals surface area contributed by atoms with Gasteiger partial charge in [-0.25, -0.2) is 0 Å². The zero-order valence-electron chi connectivity index (χ0n) is 14.5. The lowest BCUT2D eigenvalue weighted by molar-refractivity contribution is -0.121. The number of hydrogen-bond donors (Lipinski definition) is 2. The van der Waals surface area contributed by atoms with Gasteiger partial charge in [-0.15, -0.1) is 0 Å². The van der Waals surface area contributed by atoms with Gasteiger partial charge in [-0.1, -0.05) is 30.3 Å². The number of amides is 1. The van der Waals surface area contributed by atoms with Crippen LogP contribution in [-0.4, -0.2) is 17.1 Å². The van der Waals surface area contributed by atoms with E-state index in [2.05, 4.69) is 5.32 Å². The van der Waals surface area contributed by atoms with Gasteiger partial charge in [0.05, 0.1) is 12.1 Å². The molecule has 1 amide bonds. The molecule has 2 aromatic rings. The van der Waals surface area contributed by atoms with Crippen molar-refractivity contribution in [3.05, 3.63) is 59.7 Å². The number of benzene rings is 2. The summed E-state index contributed by atoms with van der Waals surface area (Å²) in [5.41, 5.74) is 1.82. The van der Waals surface area contributed by atoms with Crippen LogP contribution in [0.5, 0.6) is 11.5 Å². The van der Waals surface area contributed by atoms with E-state index < -0.39 is 0 Å². The molecule has 0 bridgehead atoms. The number of aromatic hydroxyl groups is 1. The van der Waals surface area contributed by atoms with E-state index in [1.807, 2.05) is 57.2 Å². The first-order valence-electron chi connectivity index (χ1n) is 8.28. The van der Waals surface area contributed by atoms with Gasteiger partial charge in [0, 0.05) is 6.42 Å². The largest absolute Gasteiger partial charge is 0.508 e. The lowest BCUT2D eigenvalue weighted by Gasteiger charge is -2.16. The van der Waals surface area contributed by atoms with Gasteiger partial charge in [0.1, 0.15) is 11.5 Å². The summed E-state index contributed by atoms with van der Waals surface area (Å²) in [4.78, 5) is 12.1. The van der Waals surface area contributed by atoms with Crippen LogP contribution in [0.1, 0.15) is 44.4 Å². The lowest BCUT2D eigenvalue weighted by Crippen LogP contribution is -2.26. The maximum absolute atomic E-state index is 12.1. The van der Waals surface area contributed by atoms with Crippen LogP contribution >= 0.6 is 0 Å². The predicted octanol–water partition coefficient (Wildman–Crippen LogP) is 3.99. The summed E-state index contributed by atoms with van der Waals surface area (Å²) < 4.78 is 5.62. The molecule has 2 rings (SSSR count). The van der Waals surface area contributed by atoms with Gasteiger partial charge in [0.25, 0.3) is 0 Å². The molecule has 0 saturated heterocycles. The van der Waals surface area contributed by atoms with Crippen LogP contribution < -0.4 is 10.1 Å². The molecule has 0 radical (unpaired) electrons. The predicted molar refractivity (Wildman–Crippen MR) is 95.2 cm³/mol. The third-order valence-corrected chi connectivity index (χ3v) is 3.74. The highest BCUT2D eigenvalue weighted by atomic mass is 16.5. The number of aryl methyl sites for hydroxylation is 1. The second-order valence-corrected chi connectivity index (χ2v) is 6.15. The molecule has 4 nitrogen and oxygen atoms in total. The van der Waals surface area contributed by atoms with Gasteiger partial charge in [-0.05, 0) is 56.5 Å². The molecule has 0 aliphatic rings. The third kappa shape index (κ3) is 5.30. The SMILES string of the molecule is CC(C)Oc1ccc(C(C)NC(=O)CCc2ccccc2O)cc1. The Morgan fingerprint density at radius 3 is 2.38 bits per heavy atom. The Balaban J connectivity index is 1.86. The van der Waals surface area contributed by atoms with Gasteiger partial charge < -0.3 is 15.2 Å². The van der Waals surface area contributed by atoms with E-state index >= 15 is 0 Å². The fourth-order valence-electron chi connectivity index (χ4n) is 2.47. The van der Waals surface area contributed by atoms with E-state index in [0.29, 0.717) is 12.8 Å². The minimum absolute atomic E-state index is 0.0340. The molecule has 0 aliphatic carbocycles. The highest BCUT2D eigenvalue weighted by molar-refractivity contribution is 5.76. The number of hydrogen-bond acceptors (Lipinski definition) is 3.